The number of aliphatic hydroxyl groups is 14. The van der Waals surface area contributed by atoms with Gasteiger partial charge in [0.2, 0.25) is 11.7 Å². The topological polar surface area (TPSA) is 377 Å². The van der Waals surface area contributed by atoms with E-state index in [1.165, 1.54) is 0 Å². The Morgan fingerprint density at radius 3 is 1.69 bits per heavy atom. The number of nitrogens with one attached hydrogen (secondary N) is 1. The molecule has 4 heterocycles. The second-order valence-electron chi connectivity index (χ2n) is 12.1. The van der Waals surface area contributed by atoms with E-state index in [1.807, 2.05) is 0 Å². The lowest BCUT2D eigenvalue weighted by Gasteiger charge is -2.52. The molecule has 0 spiro atoms. The Morgan fingerprint density at radius 2 is 1.14 bits per heavy atom. The highest BCUT2D eigenvalue weighted by atomic mass is 16.8. The van der Waals surface area contributed by atoms with Gasteiger partial charge in [-0.25, -0.2) is 0 Å². The van der Waals surface area contributed by atoms with Gasteiger partial charge in [0, 0.05) is 6.92 Å². The molecule has 4 saturated heterocycles. The largest absolute Gasteiger partial charge is 0.394 e. The van der Waals surface area contributed by atoms with Crippen molar-refractivity contribution in [2.24, 2.45) is 0 Å². The Labute approximate surface area is 276 Å². The number of rotatable bonds is 11. The van der Waals surface area contributed by atoms with Crippen molar-refractivity contribution in [1.29, 1.82) is 0 Å². The number of ether oxygens (including phenoxy) is 7. The average Bonchev–Trinajstić information content (AvgIpc) is 3.07. The fourth-order valence-electron chi connectivity index (χ4n) is 5.99. The van der Waals surface area contributed by atoms with Crippen molar-refractivity contribution < 1.29 is 109 Å². The molecule has 23 nitrogen and oxygen atoms in total. The number of amides is 1. The van der Waals surface area contributed by atoms with Crippen molar-refractivity contribution in [2.45, 2.75) is 129 Å². The molecule has 0 aromatic heterocycles. The van der Waals surface area contributed by atoms with Crippen LogP contribution in [-0.4, -0.2) is 226 Å². The van der Waals surface area contributed by atoms with E-state index in [-0.39, 0.29) is 0 Å². The predicted octanol–water partition coefficient (Wildman–Crippen LogP) is -10.3. The van der Waals surface area contributed by atoms with E-state index in [0.29, 0.717) is 0 Å². The van der Waals surface area contributed by atoms with E-state index >= 15 is 0 Å². The Balaban J connectivity index is 1.55. The maximum Gasteiger partial charge on any atom is 0.226 e. The first-order chi connectivity index (χ1) is 23.0. The summed E-state index contributed by atoms with van der Waals surface area (Å²) in [5.74, 6) is -3.98. The van der Waals surface area contributed by atoms with Crippen molar-refractivity contribution in [2.75, 3.05) is 26.4 Å². The molecule has 0 aliphatic carbocycles. The fraction of sp³-hybridized carbons (Fsp3) is 0.962. The van der Waals surface area contributed by atoms with Gasteiger partial charge in [-0.15, -0.1) is 0 Å². The molecule has 0 bridgehead atoms. The SMILES string of the molecule is CC(=O)NC1[C@H](O[C@]2(O)C(CO)O[C@@H](O[C@@H]3C(CO)O[C@@H](O)C(O)[C@H]3O)C(O)[C@H]2O)OC(CO)[C@@H](O[C@@H]2OC(CO)[C@H](O)[C@H](O)C2O)[C@@H]1O. The second-order valence-corrected chi connectivity index (χ2v) is 12.1. The first kappa shape index (κ1) is 40.4. The Hall–Kier alpha value is -1.37. The van der Waals surface area contributed by atoms with E-state index < -0.39 is 155 Å². The van der Waals surface area contributed by atoms with Gasteiger partial charge in [-0.05, 0) is 0 Å². The van der Waals surface area contributed by atoms with Crippen molar-refractivity contribution in [3.8, 4) is 0 Å². The van der Waals surface area contributed by atoms with Crippen LogP contribution in [0.2, 0.25) is 0 Å². The predicted molar refractivity (Wildman–Crippen MR) is 147 cm³/mol. The van der Waals surface area contributed by atoms with Gasteiger partial charge in [0.15, 0.2) is 25.2 Å². The van der Waals surface area contributed by atoms with E-state index in [1.54, 1.807) is 0 Å². The van der Waals surface area contributed by atoms with Crippen LogP contribution in [0.3, 0.4) is 0 Å². The van der Waals surface area contributed by atoms with Gasteiger partial charge in [-0.3, -0.25) is 4.79 Å². The standard InChI is InChI=1S/C26H45NO22/c1-6(32)27-11-13(34)19(47-24-17(38)14(35)12(33)7(2-28)44-24)9(4-30)45-23(11)49-26(42)10(5-31)46-25(18(39)21(26)40)48-20-8(3-29)43-22(41)16(37)15(20)36/h7-25,28-31,33-42H,2-5H2,1H3,(H,27,32)/t7?,8?,9?,10?,11?,12-,13+,14-,15+,16?,17?,18?,19+,20+,21+,22+,23-,24-,25-,26+/m0/s1. The highest BCUT2D eigenvalue weighted by molar-refractivity contribution is 5.73. The molecule has 4 fully saturated rings. The first-order valence-electron chi connectivity index (χ1n) is 15.2. The molecule has 1 amide bonds. The first-order valence-corrected chi connectivity index (χ1v) is 15.2. The van der Waals surface area contributed by atoms with Gasteiger partial charge in [0.1, 0.15) is 91.5 Å². The normalized spacial score (nSPS) is 51.0. The van der Waals surface area contributed by atoms with Crippen LogP contribution in [0.25, 0.3) is 0 Å². The summed E-state index contributed by atoms with van der Waals surface area (Å²) in [4.78, 5) is 12.1. The number of aliphatic hydroxyl groups excluding tert-OH is 13. The Bertz CT molecular complexity index is 1070. The second kappa shape index (κ2) is 16.5. The van der Waals surface area contributed by atoms with Gasteiger partial charge in [0.05, 0.1) is 26.4 Å². The van der Waals surface area contributed by atoms with Gasteiger partial charge >= 0.3 is 0 Å². The van der Waals surface area contributed by atoms with Crippen LogP contribution in [0, 0.1) is 0 Å². The van der Waals surface area contributed by atoms with Crippen LogP contribution < -0.4 is 5.32 Å². The minimum atomic E-state index is -3.16. The third kappa shape index (κ3) is 8.02. The van der Waals surface area contributed by atoms with Crippen LogP contribution in [0.15, 0.2) is 0 Å². The fourth-order valence-corrected chi connectivity index (χ4v) is 5.99. The quantitative estimate of drug-likeness (QED) is 0.0880. The molecule has 4 aliphatic rings. The van der Waals surface area contributed by atoms with Crippen molar-refractivity contribution >= 4 is 5.91 Å². The lowest BCUT2D eigenvalue weighted by atomic mass is 9.92. The van der Waals surface area contributed by atoms with E-state index in [4.69, 9.17) is 33.2 Å². The lowest BCUT2D eigenvalue weighted by molar-refractivity contribution is -0.443. The van der Waals surface area contributed by atoms with E-state index in [2.05, 4.69) is 5.32 Å². The molecule has 286 valence electrons. The number of carbonyl (C=O) groups is 1. The van der Waals surface area contributed by atoms with Gasteiger partial charge in [-0.1, -0.05) is 0 Å². The molecule has 0 saturated carbocycles. The summed E-state index contributed by atoms with van der Waals surface area (Å²) >= 11 is 0. The van der Waals surface area contributed by atoms with Crippen molar-refractivity contribution in [1.82, 2.24) is 5.32 Å². The molecule has 49 heavy (non-hydrogen) atoms. The van der Waals surface area contributed by atoms with Crippen molar-refractivity contribution in [3.63, 3.8) is 0 Å². The van der Waals surface area contributed by atoms with Gasteiger partial charge in [0.25, 0.3) is 0 Å². The molecule has 0 aromatic rings. The molecule has 0 radical (unpaired) electrons. The number of hydrogen-bond donors (Lipinski definition) is 15. The van der Waals surface area contributed by atoms with Crippen LogP contribution >= 0.6 is 0 Å². The summed E-state index contributed by atoms with van der Waals surface area (Å²) in [5, 5.41) is 147. The van der Waals surface area contributed by atoms with Crippen LogP contribution in [0.1, 0.15) is 6.92 Å². The summed E-state index contributed by atoms with van der Waals surface area (Å²) in [6, 6.07) is -1.76. The van der Waals surface area contributed by atoms with Gasteiger partial charge in [-0.2, -0.15) is 0 Å². The zero-order chi connectivity index (χ0) is 36.5. The molecule has 4 aliphatic heterocycles. The summed E-state index contributed by atoms with van der Waals surface area (Å²) in [6.45, 7) is -2.85. The molecular weight excluding hydrogens is 678 g/mol. The van der Waals surface area contributed by atoms with Crippen molar-refractivity contribution in [3.05, 3.63) is 0 Å². The Kier molecular flexibility index (Phi) is 13.6. The van der Waals surface area contributed by atoms with Crippen LogP contribution in [0.5, 0.6) is 0 Å². The van der Waals surface area contributed by atoms with Crippen LogP contribution in [0.4, 0.5) is 0 Å². The smallest absolute Gasteiger partial charge is 0.226 e. The molecular formula is C26H45NO22. The maximum atomic E-state index is 12.1. The summed E-state index contributed by atoms with van der Waals surface area (Å²) in [5.41, 5.74) is 0. The molecule has 20 atom stereocenters. The number of hydrogen-bond acceptors (Lipinski definition) is 22. The molecule has 23 heteroatoms. The summed E-state index contributed by atoms with van der Waals surface area (Å²) in [7, 11) is 0. The van der Waals surface area contributed by atoms with E-state index in [0.717, 1.165) is 6.92 Å². The summed E-state index contributed by atoms with van der Waals surface area (Å²) in [6.07, 6.45) is -34.1. The molecule has 4 rings (SSSR count). The molecule has 8 unspecified atom stereocenters. The zero-order valence-electron chi connectivity index (χ0n) is 25.8. The van der Waals surface area contributed by atoms with Crippen LogP contribution in [-0.2, 0) is 38.0 Å². The van der Waals surface area contributed by atoms with E-state index in [9.17, 15) is 76.3 Å². The number of carbonyl (C=O) groups excluding carboxylic acids is 1. The van der Waals surface area contributed by atoms with Gasteiger partial charge < -0.3 is 110 Å². The third-order valence-electron chi connectivity index (χ3n) is 8.75. The maximum absolute atomic E-state index is 12.1. The highest BCUT2D eigenvalue weighted by Gasteiger charge is 2.61. The zero-order valence-corrected chi connectivity index (χ0v) is 25.8. The monoisotopic (exact) mass is 723 g/mol. The minimum absolute atomic E-state index is 0.822. The average molecular weight is 724 g/mol. The third-order valence-corrected chi connectivity index (χ3v) is 8.75. The highest BCUT2D eigenvalue weighted by Crippen LogP contribution is 2.38. The lowest BCUT2D eigenvalue weighted by Crippen LogP contribution is -2.73. The Morgan fingerprint density at radius 1 is 0.612 bits per heavy atom. The summed E-state index contributed by atoms with van der Waals surface area (Å²) < 4.78 is 37.9. The molecule has 15 N–H and O–H groups in total. The minimum Gasteiger partial charge on any atom is -0.394 e. The molecule has 0 aromatic carbocycles.